The largest absolute Gasteiger partial charge is 0.363 e. The maximum atomic E-state index is 13.3. The van der Waals surface area contributed by atoms with Crippen molar-refractivity contribution >= 4 is 29.0 Å². The summed E-state index contributed by atoms with van der Waals surface area (Å²) in [5, 5.41) is 2.68. The summed E-state index contributed by atoms with van der Waals surface area (Å²) in [6.45, 7) is 0.240. The summed E-state index contributed by atoms with van der Waals surface area (Å²) < 4.78 is 26.2. The molecule has 0 atom stereocenters. The molecule has 0 aliphatic carbocycles. The molecule has 1 aromatic heterocycles. The molecule has 18 heavy (non-hydrogen) atoms. The van der Waals surface area contributed by atoms with E-state index in [4.69, 9.17) is 23.2 Å². The summed E-state index contributed by atoms with van der Waals surface area (Å²) in [7, 11) is 0. The molecule has 0 saturated heterocycles. The smallest absolute Gasteiger partial charge is 0.224 e. The number of halogens is 4. The summed E-state index contributed by atoms with van der Waals surface area (Å²) >= 11 is 11.2. The maximum absolute atomic E-state index is 13.3. The van der Waals surface area contributed by atoms with E-state index in [9.17, 15) is 8.78 Å². The van der Waals surface area contributed by atoms with E-state index in [1.807, 2.05) is 0 Å². The third-order valence-electron chi connectivity index (χ3n) is 2.16. The molecule has 3 nitrogen and oxygen atoms in total. The molecule has 2 aromatic rings. The second kappa shape index (κ2) is 5.46. The van der Waals surface area contributed by atoms with Gasteiger partial charge in [-0.2, -0.15) is 4.98 Å². The molecular formula is C11H7Cl2F2N3. The van der Waals surface area contributed by atoms with Crippen LogP contribution in [0, 0.1) is 11.6 Å². The highest BCUT2D eigenvalue weighted by molar-refractivity contribution is 6.30. The molecule has 94 valence electrons. The first kappa shape index (κ1) is 13.0. The summed E-state index contributed by atoms with van der Waals surface area (Å²) in [6, 6.07) is 4.22. The van der Waals surface area contributed by atoms with Crippen molar-refractivity contribution in [1.82, 2.24) is 9.97 Å². The molecule has 0 saturated carbocycles. The Hall–Kier alpha value is -1.46. The molecule has 0 spiro atoms. The summed E-state index contributed by atoms with van der Waals surface area (Å²) in [6.07, 6.45) is 0.968. The zero-order valence-electron chi connectivity index (χ0n) is 8.92. The van der Waals surface area contributed by atoms with E-state index >= 15 is 0 Å². The van der Waals surface area contributed by atoms with E-state index in [-0.39, 0.29) is 22.7 Å². The highest BCUT2D eigenvalue weighted by atomic mass is 35.5. The quantitative estimate of drug-likeness (QED) is 0.876. The molecule has 1 aromatic carbocycles. The lowest BCUT2D eigenvalue weighted by Gasteiger charge is -2.07. The van der Waals surface area contributed by atoms with Gasteiger partial charge < -0.3 is 5.32 Å². The van der Waals surface area contributed by atoms with Crippen LogP contribution in [-0.4, -0.2) is 9.97 Å². The van der Waals surface area contributed by atoms with Crippen LogP contribution in [0.2, 0.25) is 10.3 Å². The first-order valence-electron chi connectivity index (χ1n) is 4.92. The fourth-order valence-corrected chi connectivity index (χ4v) is 1.64. The van der Waals surface area contributed by atoms with Crippen LogP contribution in [0.4, 0.5) is 14.6 Å². The standard InChI is InChI=1S/C11H7Cl2F2N3/c12-7-3-6(1-2-8(7)14)4-16-10-9(15)5-17-11(13)18-10/h1-3,5H,4H2,(H,16,17,18). The van der Waals surface area contributed by atoms with Crippen molar-refractivity contribution in [2.45, 2.75) is 6.54 Å². The van der Waals surface area contributed by atoms with Crippen molar-refractivity contribution in [3.05, 3.63) is 51.9 Å². The monoisotopic (exact) mass is 289 g/mol. The van der Waals surface area contributed by atoms with Gasteiger partial charge in [0, 0.05) is 6.54 Å². The van der Waals surface area contributed by atoms with Crippen LogP contribution in [0.1, 0.15) is 5.56 Å². The second-order valence-corrected chi connectivity index (χ2v) is 4.18. The number of nitrogens with one attached hydrogen (secondary N) is 1. The zero-order chi connectivity index (χ0) is 13.1. The number of benzene rings is 1. The molecule has 0 bridgehead atoms. The Bertz CT molecular complexity index is 578. The molecular weight excluding hydrogens is 283 g/mol. The molecule has 7 heteroatoms. The second-order valence-electron chi connectivity index (χ2n) is 3.44. The maximum Gasteiger partial charge on any atom is 0.224 e. The van der Waals surface area contributed by atoms with Crippen molar-refractivity contribution in [3.63, 3.8) is 0 Å². The highest BCUT2D eigenvalue weighted by Gasteiger charge is 2.06. The number of hydrogen-bond acceptors (Lipinski definition) is 3. The Balaban J connectivity index is 2.11. The average molecular weight is 290 g/mol. The lowest BCUT2D eigenvalue weighted by atomic mass is 10.2. The number of aromatic nitrogens is 2. The predicted molar refractivity (Wildman–Crippen MR) is 65.7 cm³/mol. The minimum absolute atomic E-state index is 0.00971. The fourth-order valence-electron chi connectivity index (χ4n) is 1.30. The summed E-state index contributed by atoms with van der Waals surface area (Å²) in [5.74, 6) is -1.14. The molecule has 0 aliphatic heterocycles. The topological polar surface area (TPSA) is 37.8 Å². The Morgan fingerprint density at radius 2 is 1.94 bits per heavy atom. The lowest BCUT2D eigenvalue weighted by Crippen LogP contribution is -2.04. The molecule has 1 heterocycles. The fraction of sp³-hybridized carbons (Fsp3) is 0.0909. The van der Waals surface area contributed by atoms with Gasteiger partial charge in [-0.1, -0.05) is 17.7 Å². The van der Waals surface area contributed by atoms with Crippen LogP contribution in [-0.2, 0) is 6.54 Å². The Kier molecular flexibility index (Phi) is 3.93. The van der Waals surface area contributed by atoms with E-state index < -0.39 is 11.6 Å². The van der Waals surface area contributed by atoms with Gasteiger partial charge in [0.1, 0.15) is 5.82 Å². The molecule has 0 unspecified atom stereocenters. The third kappa shape index (κ3) is 3.05. The van der Waals surface area contributed by atoms with Gasteiger partial charge in [-0.15, -0.1) is 0 Å². The van der Waals surface area contributed by atoms with E-state index in [0.717, 1.165) is 6.20 Å². The average Bonchev–Trinajstić information content (AvgIpc) is 2.34. The van der Waals surface area contributed by atoms with Crippen LogP contribution in [0.3, 0.4) is 0 Å². The Morgan fingerprint density at radius 1 is 1.17 bits per heavy atom. The number of anilines is 1. The summed E-state index contributed by atoms with van der Waals surface area (Å²) in [5.41, 5.74) is 0.690. The van der Waals surface area contributed by atoms with Crippen LogP contribution in [0.5, 0.6) is 0 Å². The SMILES string of the molecule is Fc1ccc(CNc2nc(Cl)ncc2F)cc1Cl. The van der Waals surface area contributed by atoms with Gasteiger partial charge in [0.15, 0.2) is 11.6 Å². The Labute approximate surface area is 112 Å². The van der Waals surface area contributed by atoms with Crippen molar-refractivity contribution in [1.29, 1.82) is 0 Å². The minimum Gasteiger partial charge on any atom is -0.363 e. The van der Waals surface area contributed by atoms with Crippen LogP contribution in [0.15, 0.2) is 24.4 Å². The van der Waals surface area contributed by atoms with E-state index in [2.05, 4.69) is 15.3 Å². The first-order valence-corrected chi connectivity index (χ1v) is 5.67. The van der Waals surface area contributed by atoms with Gasteiger partial charge in [0.2, 0.25) is 5.28 Å². The van der Waals surface area contributed by atoms with Crippen molar-refractivity contribution in [2.24, 2.45) is 0 Å². The predicted octanol–water partition coefficient (Wildman–Crippen LogP) is 3.67. The van der Waals surface area contributed by atoms with Crippen molar-refractivity contribution in [3.8, 4) is 0 Å². The normalized spacial score (nSPS) is 10.4. The van der Waals surface area contributed by atoms with Gasteiger partial charge in [-0.25, -0.2) is 13.8 Å². The lowest BCUT2D eigenvalue weighted by molar-refractivity contribution is 0.616. The molecule has 0 radical (unpaired) electrons. The van der Waals surface area contributed by atoms with Crippen LogP contribution < -0.4 is 5.32 Å². The van der Waals surface area contributed by atoms with Crippen molar-refractivity contribution < 1.29 is 8.78 Å². The zero-order valence-corrected chi connectivity index (χ0v) is 10.4. The molecule has 0 amide bonds. The number of nitrogens with zero attached hydrogens (tertiary/aromatic N) is 2. The van der Waals surface area contributed by atoms with Gasteiger partial charge in [0.05, 0.1) is 11.2 Å². The van der Waals surface area contributed by atoms with Gasteiger partial charge >= 0.3 is 0 Å². The van der Waals surface area contributed by atoms with Gasteiger partial charge in [0.25, 0.3) is 0 Å². The van der Waals surface area contributed by atoms with E-state index in [1.165, 1.54) is 18.2 Å². The Morgan fingerprint density at radius 3 is 2.67 bits per heavy atom. The van der Waals surface area contributed by atoms with Crippen molar-refractivity contribution in [2.75, 3.05) is 5.32 Å². The minimum atomic E-state index is -0.618. The third-order valence-corrected chi connectivity index (χ3v) is 2.63. The molecule has 0 fully saturated rings. The van der Waals surface area contributed by atoms with E-state index in [0.29, 0.717) is 5.56 Å². The van der Waals surface area contributed by atoms with E-state index in [1.54, 1.807) is 0 Å². The number of rotatable bonds is 3. The molecule has 1 N–H and O–H groups in total. The number of hydrogen-bond donors (Lipinski definition) is 1. The first-order chi connectivity index (χ1) is 8.56. The molecule has 0 aliphatic rings. The van der Waals surface area contributed by atoms with Crippen LogP contribution >= 0.6 is 23.2 Å². The van der Waals surface area contributed by atoms with Gasteiger partial charge in [-0.3, -0.25) is 0 Å². The summed E-state index contributed by atoms with van der Waals surface area (Å²) in [4.78, 5) is 7.18. The van der Waals surface area contributed by atoms with Crippen LogP contribution in [0.25, 0.3) is 0 Å². The molecule has 2 rings (SSSR count). The highest BCUT2D eigenvalue weighted by Crippen LogP contribution is 2.18. The van der Waals surface area contributed by atoms with Gasteiger partial charge in [-0.05, 0) is 29.3 Å².